The van der Waals surface area contributed by atoms with Crippen LogP contribution >= 0.6 is 0 Å². The predicted octanol–water partition coefficient (Wildman–Crippen LogP) is 6.52. The number of allylic oxidation sites excluding steroid dienone is 2. The van der Waals surface area contributed by atoms with Gasteiger partial charge >= 0.3 is 0 Å². The fraction of sp³-hybridized carbons (Fsp3) is 0.565. The molecule has 1 aliphatic carbocycles. The lowest BCUT2D eigenvalue weighted by Crippen LogP contribution is -2.26. The van der Waals surface area contributed by atoms with E-state index in [0.717, 1.165) is 13.1 Å². The molecule has 0 fully saturated rings. The summed E-state index contributed by atoms with van der Waals surface area (Å²) in [5, 5.41) is 0. The Balaban J connectivity index is 1.76. The van der Waals surface area contributed by atoms with Gasteiger partial charge in [-0.25, -0.2) is 0 Å². The van der Waals surface area contributed by atoms with E-state index in [1.807, 2.05) is 0 Å². The summed E-state index contributed by atoms with van der Waals surface area (Å²) >= 11 is 0. The quantitative estimate of drug-likeness (QED) is 0.396. The average Bonchev–Trinajstić information content (AvgIpc) is 2.62. The molecule has 0 saturated carbocycles. The fourth-order valence-electron chi connectivity index (χ4n) is 3.39. The van der Waals surface area contributed by atoms with Crippen molar-refractivity contribution in [3.63, 3.8) is 0 Å². The van der Waals surface area contributed by atoms with Gasteiger partial charge in [-0.3, -0.25) is 4.90 Å². The minimum absolute atomic E-state index is 1.07. The molecule has 24 heavy (non-hydrogen) atoms. The summed E-state index contributed by atoms with van der Waals surface area (Å²) in [6.07, 6.45) is 19.2. The van der Waals surface area contributed by atoms with E-state index in [-0.39, 0.29) is 0 Å². The van der Waals surface area contributed by atoms with Crippen LogP contribution in [0.25, 0.3) is 0 Å². The van der Waals surface area contributed by atoms with Crippen LogP contribution in [0.15, 0.2) is 54.1 Å². The van der Waals surface area contributed by atoms with Gasteiger partial charge in [0.25, 0.3) is 0 Å². The molecular formula is C23H35N. The third kappa shape index (κ3) is 7.97. The number of unbranched alkanes of at least 4 members (excludes halogenated alkanes) is 6. The summed E-state index contributed by atoms with van der Waals surface area (Å²) in [4.78, 5) is 2.63. The van der Waals surface area contributed by atoms with Gasteiger partial charge in [0.15, 0.2) is 0 Å². The molecule has 0 unspecified atom stereocenters. The molecule has 0 heterocycles. The van der Waals surface area contributed by atoms with E-state index in [1.54, 1.807) is 0 Å². The van der Waals surface area contributed by atoms with Crippen molar-refractivity contribution in [2.24, 2.45) is 0 Å². The SMILES string of the molecule is CCCCCCCCCN(CC1=CCCC=C1)Cc1ccccc1. The lowest BCUT2D eigenvalue weighted by Gasteiger charge is -2.24. The Hall–Kier alpha value is -1.34. The molecule has 1 aromatic rings. The highest BCUT2D eigenvalue weighted by atomic mass is 15.1. The maximum Gasteiger partial charge on any atom is 0.0237 e. The third-order valence-corrected chi connectivity index (χ3v) is 4.80. The van der Waals surface area contributed by atoms with Gasteiger partial charge in [0.2, 0.25) is 0 Å². The van der Waals surface area contributed by atoms with Crippen molar-refractivity contribution in [3.8, 4) is 0 Å². The van der Waals surface area contributed by atoms with E-state index in [4.69, 9.17) is 0 Å². The van der Waals surface area contributed by atoms with Gasteiger partial charge in [0.05, 0.1) is 0 Å². The van der Waals surface area contributed by atoms with E-state index in [1.165, 1.54) is 75.5 Å². The summed E-state index contributed by atoms with van der Waals surface area (Å²) in [6, 6.07) is 10.9. The zero-order chi connectivity index (χ0) is 16.9. The highest BCUT2D eigenvalue weighted by molar-refractivity contribution is 5.24. The average molecular weight is 326 g/mol. The Bertz CT molecular complexity index is 486. The van der Waals surface area contributed by atoms with E-state index in [0.29, 0.717) is 0 Å². The van der Waals surface area contributed by atoms with Crippen molar-refractivity contribution in [3.05, 3.63) is 59.7 Å². The maximum atomic E-state index is 2.63. The molecule has 1 aliphatic rings. The Morgan fingerprint density at radius 2 is 1.58 bits per heavy atom. The smallest absolute Gasteiger partial charge is 0.0237 e. The standard InChI is InChI=1S/C23H35N/c1-2-3-4-5-6-7-14-19-24(20-22-15-10-8-11-16-22)21-23-17-12-9-13-18-23/h8,10-12,15-18H,2-7,9,13-14,19-21H2,1H3. The van der Waals surface area contributed by atoms with Gasteiger partial charge in [-0.05, 0) is 36.9 Å². The summed E-state index contributed by atoms with van der Waals surface area (Å²) in [7, 11) is 0. The monoisotopic (exact) mass is 325 g/mol. The zero-order valence-corrected chi connectivity index (χ0v) is 15.6. The Morgan fingerprint density at radius 3 is 2.29 bits per heavy atom. The zero-order valence-electron chi connectivity index (χ0n) is 15.6. The van der Waals surface area contributed by atoms with E-state index in [9.17, 15) is 0 Å². The normalized spacial score (nSPS) is 14.2. The first-order valence-electron chi connectivity index (χ1n) is 10.0. The van der Waals surface area contributed by atoms with Gasteiger partial charge in [0, 0.05) is 13.1 Å². The van der Waals surface area contributed by atoms with Crippen LogP contribution in [0.5, 0.6) is 0 Å². The second-order valence-corrected chi connectivity index (χ2v) is 7.08. The van der Waals surface area contributed by atoms with Crippen LogP contribution < -0.4 is 0 Å². The minimum atomic E-state index is 1.07. The van der Waals surface area contributed by atoms with Crippen LogP contribution in [0.3, 0.4) is 0 Å². The molecule has 0 spiro atoms. The molecule has 1 nitrogen and oxygen atoms in total. The molecule has 0 radical (unpaired) electrons. The summed E-state index contributed by atoms with van der Waals surface area (Å²) < 4.78 is 0. The van der Waals surface area contributed by atoms with Crippen molar-refractivity contribution in [1.29, 1.82) is 0 Å². The first-order valence-corrected chi connectivity index (χ1v) is 10.0. The number of hydrogen-bond acceptors (Lipinski definition) is 1. The highest BCUT2D eigenvalue weighted by Crippen LogP contribution is 2.15. The number of nitrogens with zero attached hydrogens (tertiary/aromatic N) is 1. The van der Waals surface area contributed by atoms with Crippen molar-refractivity contribution < 1.29 is 0 Å². The maximum absolute atomic E-state index is 2.63. The predicted molar refractivity (Wildman–Crippen MR) is 106 cm³/mol. The molecule has 0 aromatic heterocycles. The first kappa shape index (κ1) is 19.0. The van der Waals surface area contributed by atoms with Crippen LogP contribution in [0.1, 0.15) is 70.3 Å². The molecule has 0 atom stereocenters. The Kier molecular flexibility index (Phi) is 9.56. The number of benzene rings is 1. The van der Waals surface area contributed by atoms with Crippen molar-refractivity contribution >= 4 is 0 Å². The molecule has 132 valence electrons. The molecule has 0 bridgehead atoms. The van der Waals surface area contributed by atoms with Crippen LogP contribution in [-0.4, -0.2) is 18.0 Å². The molecule has 0 amide bonds. The van der Waals surface area contributed by atoms with E-state index >= 15 is 0 Å². The second-order valence-electron chi connectivity index (χ2n) is 7.08. The van der Waals surface area contributed by atoms with E-state index < -0.39 is 0 Å². The molecular weight excluding hydrogens is 290 g/mol. The van der Waals surface area contributed by atoms with E-state index in [2.05, 4.69) is 60.4 Å². The number of hydrogen-bond donors (Lipinski definition) is 0. The summed E-state index contributed by atoms with van der Waals surface area (Å²) in [5.74, 6) is 0. The minimum Gasteiger partial charge on any atom is -0.295 e. The van der Waals surface area contributed by atoms with Crippen molar-refractivity contribution in [1.82, 2.24) is 4.90 Å². The van der Waals surface area contributed by atoms with Gasteiger partial charge in [0.1, 0.15) is 0 Å². The Labute approximate surface area is 149 Å². The molecule has 2 rings (SSSR count). The lowest BCUT2D eigenvalue weighted by molar-refractivity contribution is 0.281. The number of rotatable bonds is 12. The van der Waals surface area contributed by atoms with Gasteiger partial charge < -0.3 is 0 Å². The van der Waals surface area contributed by atoms with Crippen molar-refractivity contribution in [2.75, 3.05) is 13.1 Å². The third-order valence-electron chi connectivity index (χ3n) is 4.80. The van der Waals surface area contributed by atoms with Crippen LogP contribution in [0.4, 0.5) is 0 Å². The first-order chi connectivity index (χ1) is 11.9. The largest absolute Gasteiger partial charge is 0.295 e. The second kappa shape index (κ2) is 12.1. The van der Waals surface area contributed by atoms with Crippen LogP contribution in [-0.2, 0) is 6.54 Å². The van der Waals surface area contributed by atoms with Crippen molar-refractivity contribution in [2.45, 2.75) is 71.3 Å². The molecule has 0 N–H and O–H groups in total. The molecule has 0 saturated heterocycles. The summed E-state index contributed by atoms with van der Waals surface area (Å²) in [5.41, 5.74) is 2.93. The highest BCUT2D eigenvalue weighted by Gasteiger charge is 2.08. The lowest BCUT2D eigenvalue weighted by atomic mass is 10.1. The van der Waals surface area contributed by atoms with Crippen LogP contribution in [0, 0.1) is 0 Å². The topological polar surface area (TPSA) is 3.24 Å². The summed E-state index contributed by atoms with van der Waals surface area (Å²) in [6.45, 7) is 5.67. The molecule has 0 aliphatic heterocycles. The van der Waals surface area contributed by atoms with Gasteiger partial charge in [-0.15, -0.1) is 0 Å². The van der Waals surface area contributed by atoms with Gasteiger partial charge in [-0.2, -0.15) is 0 Å². The van der Waals surface area contributed by atoms with Gasteiger partial charge in [-0.1, -0.05) is 94.0 Å². The van der Waals surface area contributed by atoms with Crippen LogP contribution in [0.2, 0.25) is 0 Å². The molecule has 1 aromatic carbocycles. The molecule has 1 heteroatoms. The Morgan fingerprint density at radius 1 is 0.833 bits per heavy atom. The fourth-order valence-corrected chi connectivity index (χ4v) is 3.39.